The molecule has 3 rings (SSSR count). The molecule has 0 saturated heterocycles. The van der Waals surface area contributed by atoms with Gasteiger partial charge >= 0.3 is 0 Å². The number of benzene rings is 1. The van der Waals surface area contributed by atoms with Gasteiger partial charge in [0.15, 0.2) is 0 Å². The molecule has 0 amide bonds. The molecular weight excluding hydrogens is 262 g/mol. The van der Waals surface area contributed by atoms with Crippen molar-refractivity contribution in [1.82, 2.24) is 9.78 Å². The molecule has 1 aliphatic rings. The van der Waals surface area contributed by atoms with E-state index in [9.17, 15) is 4.39 Å². The van der Waals surface area contributed by atoms with Crippen LogP contribution >= 0.6 is 23.2 Å². The van der Waals surface area contributed by atoms with Crippen LogP contribution in [0.25, 0.3) is 5.69 Å². The molecule has 1 saturated carbocycles. The maximum absolute atomic E-state index is 13.4. The number of halogens is 3. The van der Waals surface area contributed by atoms with Crippen LogP contribution in [0.1, 0.15) is 24.5 Å². The van der Waals surface area contributed by atoms with Crippen LogP contribution in [0.3, 0.4) is 0 Å². The van der Waals surface area contributed by atoms with Crippen molar-refractivity contribution in [1.29, 1.82) is 0 Å². The summed E-state index contributed by atoms with van der Waals surface area (Å²) in [6.45, 7) is 0. The first-order valence-electron chi connectivity index (χ1n) is 5.36. The van der Waals surface area contributed by atoms with Crippen LogP contribution in [-0.4, -0.2) is 9.78 Å². The predicted octanol–water partition coefficient (Wildman–Crippen LogP) is 4.20. The summed E-state index contributed by atoms with van der Waals surface area (Å²) in [5.41, 5.74) is 1.56. The van der Waals surface area contributed by atoms with E-state index in [1.165, 1.54) is 16.8 Å². The van der Waals surface area contributed by atoms with Gasteiger partial charge in [-0.3, -0.25) is 0 Å². The van der Waals surface area contributed by atoms with E-state index in [4.69, 9.17) is 23.2 Å². The van der Waals surface area contributed by atoms with Crippen LogP contribution in [-0.2, 0) is 0 Å². The third-order valence-electron chi connectivity index (χ3n) is 2.83. The van der Waals surface area contributed by atoms with Gasteiger partial charge in [0.1, 0.15) is 11.0 Å². The monoisotopic (exact) mass is 270 g/mol. The molecule has 0 spiro atoms. The van der Waals surface area contributed by atoms with E-state index in [1.807, 2.05) is 6.07 Å². The summed E-state index contributed by atoms with van der Waals surface area (Å²) in [5.74, 6) is 0.0506. The Kier molecular flexibility index (Phi) is 2.60. The molecule has 0 N–H and O–H groups in total. The van der Waals surface area contributed by atoms with Crippen LogP contribution in [0.5, 0.6) is 0 Å². The topological polar surface area (TPSA) is 17.8 Å². The average Bonchev–Trinajstić information content (AvgIpc) is 3.07. The molecule has 5 heteroatoms. The minimum atomic E-state index is -0.469. The molecule has 2 aromatic rings. The van der Waals surface area contributed by atoms with E-state index in [1.54, 1.807) is 6.07 Å². The van der Waals surface area contributed by atoms with Gasteiger partial charge in [0, 0.05) is 12.0 Å². The normalized spacial score (nSPS) is 15.2. The number of hydrogen-bond acceptors (Lipinski definition) is 1. The molecule has 0 aliphatic heterocycles. The highest BCUT2D eigenvalue weighted by molar-refractivity contribution is 6.31. The van der Waals surface area contributed by atoms with Gasteiger partial charge in [-0.05, 0) is 31.0 Å². The lowest BCUT2D eigenvalue weighted by atomic mass is 10.3. The Balaban J connectivity index is 2.04. The van der Waals surface area contributed by atoms with Crippen molar-refractivity contribution in [3.63, 3.8) is 0 Å². The summed E-state index contributed by atoms with van der Waals surface area (Å²) in [4.78, 5) is 0. The van der Waals surface area contributed by atoms with E-state index in [2.05, 4.69) is 5.10 Å². The van der Waals surface area contributed by atoms with Gasteiger partial charge in [-0.15, -0.1) is 0 Å². The van der Waals surface area contributed by atoms with Crippen LogP contribution in [0.2, 0.25) is 10.2 Å². The fraction of sp³-hybridized carbons (Fsp3) is 0.250. The van der Waals surface area contributed by atoms with E-state index in [0.717, 1.165) is 18.5 Å². The van der Waals surface area contributed by atoms with Crippen molar-refractivity contribution >= 4 is 23.2 Å². The number of hydrogen-bond donors (Lipinski definition) is 0. The fourth-order valence-corrected chi connectivity index (χ4v) is 2.12. The summed E-state index contributed by atoms with van der Waals surface area (Å²) in [6, 6.07) is 6.37. The maximum atomic E-state index is 13.4. The van der Waals surface area contributed by atoms with E-state index >= 15 is 0 Å². The van der Waals surface area contributed by atoms with Gasteiger partial charge in [-0.2, -0.15) is 5.10 Å². The Bertz CT molecular complexity index is 576. The van der Waals surface area contributed by atoms with Gasteiger partial charge < -0.3 is 0 Å². The molecule has 17 heavy (non-hydrogen) atoms. The highest BCUT2D eigenvalue weighted by Gasteiger charge is 2.27. The smallest absolute Gasteiger partial charge is 0.143 e. The highest BCUT2D eigenvalue weighted by atomic mass is 35.5. The summed E-state index contributed by atoms with van der Waals surface area (Å²) in [5, 5.41) is 4.98. The van der Waals surface area contributed by atoms with Crippen LogP contribution < -0.4 is 0 Å². The molecule has 1 aromatic heterocycles. The summed E-state index contributed by atoms with van der Waals surface area (Å²) < 4.78 is 14.9. The first kappa shape index (κ1) is 11.1. The molecule has 2 nitrogen and oxygen atoms in total. The van der Waals surface area contributed by atoms with Crippen LogP contribution in [0.15, 0.2) is 24.3 Å². The lowest BCUT2D eigenvalue weighted by molar-refractivity contribution is 0.625. The van der Waals surface area contributed by atoms with Crippen LogP contribution in [0.4, 0.5) is 4.39 Å². The number of rotatable bonds is 2. The van der Waals surface area contributed by atoms with E-state index < -0.39 is 5.82 Å². The lowest BCUT2D eigenvalue weighted by Gasteiger charge is -2.03. The third kappa shape index (κ3) is 2.05. The summed E-state index contributed by atoms with van der Waals surface area (Å²) in [7, 11) is 0. The van der Waals surface area contributed by atoms with Crippen molar-refractivity contribution < 1.29 is 4.39 Å². The Labute approximate surface area is 108 Å². The molecule has 1 fully saturated rings. The third-order valence-corrected chi connectivity index (χ3v) is 3.40. The second-order valence-corrected chi connectivity index (χ2v) is 4.97. The minimum absolute atomic E-state index is 0.0967. The van der Waals surface area contributed by atoms with Gasteiger partial charge in [-0.25, -0.2) is 9.07 Å². The summed E-state index contributed by atoms with van der Waals surface area (Å²) in [6.07, 6.45) is 2.31. The minimum Gasteiger partial charge on any atom is -0.222 e. The standard InChI is InChI=1S/C12H9Cl2FN2/c13-9-4-3-8(5-10(9)15)17-12(14)6-11(16-17)7-1-2-7/h3-7H,1-2H2. The molecule has 0 unspecified atom stereocenters. The van der Waals surface area contributed by atoms with Crippen molar-refractivity contribution in [2.24, 2.45) is 0 Å². The average molecular weight is 271 g/mol. The molecule has 0 atom stereocenters. The van der Waals surface area contributed by atoms with E-state index in [0.29, 0.717) is 16.8 Å². The first-order valence-corrected chi connectivity index (χ1v) is 6.11. The maximum Gasteiger partial charge on any atom is 0.143 e. The Hall–Kier alpha value is -1.06. The van der Waals surface area contributed by atoms with E-state index in [-0.39, 0.29) is 5.02 Å². The second-order valence-electron chi connectivity index (χ2n) is 4.18. The Morgan fingerprint density at radius 1 is 1.24 bits per heavy atom. The molecule has 1 aliphatic carbocycles. The Morgan fingerprint density at radius 3 is 2.65 bits per heavy atom. The first-order chi connectivity index (χ1) is 8.15. The zero-order chi connectivity index (χ0) is 12.0. The van der Waals surface area contributed by atoms with Crippen LogP contribution in [0, 0.1) is 5.82 Å². The van der Waals surface area contributed by atoms with Gasteiger partial charge in [-0.1, -0.05) is 23.2 Å². The molecule has 0 radical (unpaired) electrons. The molecule has 1 heterocycles. The van der Waals surface area contributed by atoms with Crippen molar-refractivity contribution in [3.8, 4) is 5.69 Å². The zero-order valence-electron chi connectivity index (χ0n) is 8.83. The molecule has 1 aromatic carbocycles. The SMILES string of the molecule is Fc1cc(-n2nc(C3CC3)cc2Cl)ccc1Cl. The Morgan fingerprint density at radius 2 is 2.00 bits per heavy atom. The van der Waals surface area contributed by atoms with Gasteiger partial charge in [0.2, 0.25) is 0 Å². The highest BCUT2D eigenvalue weighted by Crippen LogP contribution is 2.40. The zero-order valence-corrected chi connectivity index (χ0v) is 10.3. The van der Waals surface area contributed by atoms with Crippen molar-refractivity contribution in [3.05, 3.63) is 46.0 Å². The quantitative estimate of drug-likeness (QED) is 0.800. The lowest BCUT2D eigenvalue weighted by Crippen LogP contribution is -1.98. The second kappa shape index (κ2) is 4.00. The summed E-state index contributed by atoms with van der Waals surface area (Å²) >= 11 is 11.7. The molecular formula is C12H9Cl2FN2. The predicted molar refractivity (Wildman–Crippen MR) is 65.5 cm³/mol. The fourth-order valence-electron chi connectivity index (χ4n) is 1.75. The van der Waals surface area contributed by atoms with Crippen molar-refractivity contribution in [2.45, 2.75) is 18.8 Å². The number of aromatic nitrogens is 2. The van der Waals surface area contributed by atoms with Crippen molar-refractivity contribution in [2.75, 3.05) is 0 Å². The molecule has 0 bridgehead atoms. The number of nitrogens with zero attached hydrogens (tertiary/aromatic N) is 2. The van der Waals surface area contributed by atoms with Gasteiger partial charge in [0.25, 0.3) is 0 Å². The largest absolute Gasteiger partial charge is 0.222 e. The van der Waals surface area contributed by atoms with Gasteiger partial charge in [0.05, 0.1) is 16.4 Å². The molecule has 88 valence electrons.